The Bertz CT molecular complexity index is 409. The Kier molecular flexibility index (Phi) is 4.45. The molecule has 104 valence electrons. The Balaban J connectivity index is 1.56. The average Bonchev–Trinajstić information content (AvgIpc) is 2.47. The molecule has 0 amide bonds. The first-order chi connectivity index (χ1) is 9.33. The molecule has 0 bridgehead atoms. The van der Waals surface area contributed by atoms with Crippen LogP contribution in [0.15, 0.2) is 24.3 Å². The third-order valence-electron chi connectivity index (χ3n) is 4.80. The molecule has 0 aromatic heterocycles. The molecule has 0 radical (unpaired) electrons. The summed E-state index contributed by atoms with van der Waals surface area (Å²) < 4.78 is 0. The second-order valence-corrected chi connectivity index (χ2v) is 6.76. The highest BCUT2D eigenvalue weighted by Crippen LogP contribution is 2.31. The van der Waals surface area contributed by atoms with Crippen LogP contribution in [-0.2, 0) is 6.42 Å². The van der Waals surface area contributed by atoms with Crippen molar-refractivity contribution < 1.29 is 0 Å². The van der Waals surface area contributed by atoms with E-state index in [-0.39, 0.29) is 0 Å². The van der Waals surface area contributed by atoms with Gasteiger partial charge >= 0.3 is 0 Å². The van der Waals surface area contributed by atoms with Gasteiger partial charge < -0.3 is 5.32 Å². The second-order valence-electron chi connectivity index (χ2n) is 6.15. The largest absolute Gasteiger partial charge is 0.313 e. The van der Waals surface area contributed by atoms with Crippen LogP contribution in [0.2, 0.25) is 0 Å². The average molecular weight is 278 g/mol. The summed E-state index contributed by atoms with van der Waals surface area (Å²) in [5.74, 6) is 0.721. The van der Waals surface area contributed by atoms with E-state index in [4.69, 9.17) is 11.6 Å². The van der Waals surface area contributed by atoms with E-state index in [0.717, 1.165) is 12.5 Å². The van der Waals surface area contributed by atoms with Gasteiger partial charge in [-0.25, -0.2) is 0 Å². The van der Waals surface area contributed by atoms with E-state index in [2.05, 4.69) is 29.6 Å². The fourth-order valence-corrected chi connectivity index (χ4v) is 3.88. The van der Waals surface area contributed by atoms with Gasteiger partial charge in [0.1, 0.15) is 0 Å². The van der Waals surface area contributed by atoms with Gasteiger partial charge in [0.15, 0.2) is 0 Å². The summed E-state index contributed by atoms with van der Waals surface area (Å²) >= 11 is 6.17. The van der Waals surface area contributed by atoms with Crippen LogP contribution in [0.1, 0.15) is 55.6 Å². The van der Waals surface area contributed by atoms with E-state index in [9.17, 15) is 0 Å². The SMILES string of the molecule is ClC1CCC(NCC2CCCc3ccccc32)CC1. The van der Waals surface area contributed by atoms with E-state index in [0.29, 0.717) is 11.4 Å². The molecule has 1 aromatic rings. The van der Waals surface area contributed by atoms with Crippen LogP contribution in [0.5, 0.6) is 0 Å². The van der Waals surface area contributed by atoms with E-state index >= 15 is 0 Å². The molecule has 1 saturated carbocycles. The quantitative estimate of drug-likeness (QED) is 0.815. The molecule has 0 spiro atoms. The van der Waals surface area contributed by atoms with Gasteiger partial charge in [-0.15, -0.1) is 11.6 Å². The summed E-state index contributed by atoms with van der Waals surface area (Å²) in [6, 6.07) is 9.70. The van der Waals surface area contributed by atoms with Crippen LogP contribution >= 0.6 is 11.6 Å². The Morgan fingerprint density at radius 3 is 2.68 bits per heavy atom. The zero-order valence-corrected chi connectivity index (χ0v) is 12.3. The number of fused-ring (bicyclic) bond motifs is 1. The van der Waals surface area contributed by atoms with E-state index in [1.165, 1.54) is 44.9 Å². The standard InChI is InChI=1S/C17H24ClN/c18-15-8-10-16(11-9-15)19-12-14-6-3-5-13-4-1-2-7-17(13)14/h1-2,4,7,14-16,19H,3,5-6,8-12H2. The van der Waals surface area contributed by atoms with E-state index in [1.807, 2.05) is 0 Å². The van der Waals surface area contributed by atoms with Gasteiger partial charge in [-0.3, -0.25) is 0 Å². The summed E-state index contributed by atoms with van der Waals surface area (Å²) in [5.41, 5.74) is 3.16. The minimum Gasteiger partial charge on any atom is -0.313 e. The molecule has 3 rings (SSSR count). The highest BCUT2D eigenvalue weighted by atomic mass is 35.5. The first-order valence-corrected chi connectivity index (χ1v) is 8.22. The highest BCUT2D eigenvalue weighted by molar-refractivity contribution is 6.20. The summed E-state index contributed by atoms with van der Waals surface area (Å²) in [5, 5.41) is 4.22. The van der Waals surface area contributed by atoms with E-state index in [1.54, 1.807) is 11.1 Å². The lowest BCUT2D eigenvalue weighted by molar-refractivity contribution is 0.360. The Morgan fingerprint density at radius 1 is 1.05 bits per heavy atom. The van der Waals surface area contributed by atoms with Crippen LogP contribution in [0.25, 0.3) is 0 Å². The predicted octanol–water partition coefficient (Wildman–Crippen LogP) is 4.25. The van der Waals surface area contributed by atoms with Crippen molar-refractivity contribution in [2.24, 2.45) is 0 Å². The lowest BCUT2D eigenvalue weighted by atomic mass is 9.82. The molecule has 1 aromatic carbocycles. The maximum absolute atomic E-state index is 6.17. The number of benzene rings is 1. The van der Waals surface area contributed by atoms with Gasteiger partial charge in [-0.2, -0.15) is 0 Å². The molecule has 19 heavy (non-hydrogen) atoms. The molecule has 0 aliphatic heterocycles. The zero-order chi connectivity index (χ0) is 13.1. The lowest BCUT2D eigenvalue weighted by Crippen LogP contribution is -2.36. The number of rotatable bonds is 3. The molecule has 1 nitrogen and oxygen atoms in total. The number of nitrogens with one attached hydrogen (secondary N) is 1. The lowest BCUT2D eigenvalue weighted by Gasteiger charge is -2.30. The minimum absolute atomic E-state index is 0.424. The fraction of sp³-hybridized carbons (Fsp3) is 0.647. The molecule has 2 heteroatoms. The van der Waals surface area contributed by atoms with Gasteiger partial charge in [0.2, 0.25) is 0 Å². The molecule has 1 atom stereocenters. The third kappa shape index (κ3) is 3.32. The van der Waals surface area contributed by atoms with Crippen LogP contribution in [-0.4, -0.2) is 18.0 Å². The monoisotopic (exact) mass is 277 g/mol. The normalized spacial score (nSPS) is 30.9. The number of hydrogen-bond donors (Lipinski definition) is 1. The second kappa shape index (κ2) is 6.28. The molecule has 2 aliphatic rings. The van der Waals surface area contributed by atoms with Crippen LogP contribution in [0, 0.1) is 0 Å². The number of hydrogen-bond acceptors (Lipinski definition) is 1. The summed E-state index contributed by atoms with van der Waals surface area (Å²) in [4.78, 5) is 0. The smallest absolute Gasteiger partial charge is 0.0337 e. The third-order valence-corrected chi connectivity index (χ3v) is 5.24. The molecule has 1 unspecified atom stereocenters. The maximum atomic E-state index is 6.17. The molecular formula is C17H24ClN. The Hall–Kier alpha value is -0.530. The van der Waals surface area contributed by atoms with Crippen molar-refractivity contribution >= 4 is 11.6 Å². The van der Waals surface area contributed by atoms with E-state index < -0.39 is 0 Å². The van der Waals surface area contributed by atoms with Crippen molar-refractivity contribution in [1.29, 1.82) is 0 Å². The van der Waals surface area contributed by atoms with Crippen molar-refractivity contribution in [2.75, 3.05) is 6.54 Å². The van der Waals surface area contributed by atoms with Gasteiger partial charge in [0.05, 0.1) is 0 Å². The van der Waals surface area contributed by atoms with Crippen molar-refractivity contribution in [1.82, 2.24) is 5.32 Å². The molecule has 2 aliphatic carbocycles. The fourth-order valence-electron chi connectivity index (χ4n) is 3.63. The first kappa shape index (κ1) is 13.5. The Morgan fingerprint density at radius 2 is 1.84 bits per heavy atom. The summed E-state index contributed by atoms with van der Waals surface area (Å²) in [7, 11) is 0. The maximum Gasteiger partial charge on any atom is 0.0337 e. The van der Waals surface area contributed by atoms with Gasteiger partial charge in [-0.1, -0.05) is 24.3 Å². The topological polar surface area (TPSA) is 12.0 Å². The molecule has 1 N–H and O–H groups in total. The van der Waals surface area contributed by atoms with Crippen molar-refractivity contribution in [3.63, 3.8) is 0 Å². The van der Waals surface area contributed by atoms with Gasteiger partial charge in [0, 0.05) is 18.0 Å². The number of alkyl halides is 1. The van der Waals surface area contributed by atoms with Crippen molar-refractivity contribution in [2.45, 2.75) is 62.3 Å². The van der Waals surface area contributed by atoms with Crippen molar-refractivity contribution in [3.8, 4) is 0 Å². The number of halogens is 1. The van der Waals surface area contributed by atoms with Crippen LogP contribution in [0.4, 0.5) is 0 Å². The van der Waals surface area contributed by atoms with Gasteiger partial charge in [0.25, 0.3) is 0 Å². The van der Waals surface area contributed by atoms with Crippen LogP contribution in [0.3, 0.4) is 0 Å². The highest BCUT2D eigenvalue weighted by Gasteiger charge is 2.23. The van der Waals surface area contributed by atoms with Crippen molar-refractivity contribution in [3.05, 3.63) is 35.4 Å². The molecule has 0 saturated heterocycles. The first-order valence-electron chi connectivity index (χ1n) is 7.78. The molecule has 0 heterocycles. The zero-order valence-electron chi connectivity index (χ0n) is 11.6. The molecular weight excluding hydrogens is 254 g/mol. The number of aryl methyl sites for hydroxylation is 1. The Labute approximate surface area is 121 Å². The summed E-state index contributed by atoms with van der Waals surface area (Å²) in [6.45, 7) is 1.15. The molecule has 1 fully saturated rings. The summed E-state index contributed by atoms with van der Waals surface area (Å²) in [6.07, 6.45) is 8.82. The minimum atomic E-state index is 0.424. The van der Waals surface area contributed by atoms with Gasteiger partial charge in [-0.05, 0) is 62.0 Å². The van der Waals surface area contributed by atoms with Crippen LogP contribution < -0.4 is 5.32 Å². The predicted molar refractivity (Wildman–Crippen MR) is 82.0 cm³/mol.